The highest BCUT2D eigenvalue weighted by Gasteiger charge is 2.43. The first-order chi connectivity index (χ1) is 8.22. The minimum atomic E-state index is -0.497. The first-order valence-electron chi connectivity index (χ1n) is 6.80. The molecule has 1 N–H and O–H groups in total. The van der Waals surface area contributed by atoms with Gasteiger partial charge in [-0.1, -0.05) is 46.8 Å². The number of hydrogen-bond donors (Lipinski definition) is 1. The van der Waals surface area contributed by atoms with Crippen molar-refractivity contribution in [2.75, 3.05) is 18.0 Å². The summed E-state index contributed by atoms with van der Waals surface area (Å²) >= 11 is 0. The highest BCUT2D eigenvalue weighted by atomic mass is 16.3. The molecular weight excluding hydrogens is 222 g/mol. The lowest BCUT2D eigenvalue weighted by Gasteiger charge is -2.50. The van der Waals surface area contributed by atoms with Crippen LogP contribution in [0.15, 0.2) is 24.3 Å². The Morgan fingerprint density at radius 2 is 1.61 bits per heavy atom. The van der Waals surface area contributed by atoms with Gasteiger partial charge < -0.3 is 10.0 Å². The monoisotopic (exact) mass is 247 g/mol. The number of benzene rings is 1. The van der Waals surface area contributed by atoms with Crippen LogP contribution in [0.25, 0.3) is 0 Å². The summed E-state index contributed by atoms with van der Waals surface area (Å²) in [6.07, 6.45) is 0. The molecule has 1 saturated heterocycles. The molecule has 2 rings (SSSR count). The number of rotatable bonds is 2. The van der Waals surface area contributed by atoms with Crippen molar-refractivity contribution in [3.8, 4) is 0 Å². The molecule has 2 nitrogen and oxygen atoms in total. The summed E-state index contributed by atoms with van der Waals surface area (Å²) in [6, 6.07) is 8.73. The van der Waals surface area contributed by atoms with E-state index in [1.807, 2.05) is 0 Å². The van der Waals surface area contributed by atoms with Gasteiger partial charge in [0.05, 0.1) is 0 Å². The Morgan fingerprint density at radius 3 is 2.00 bits per heavy atom. The maximum Gasteiger partial charge on any atom is 0.102 e. The standard InChI is InChI=1S/C16H25NO/c1-12(2)16(18)10-17(11-16)14-8-6-13(7-9-14)15(3,4)5/h6-9,12,18H,10-11H2,1-5H3. The Balaban J connectivity index is 2.05. The van der Waals surface area contributed by atoms with Gasteiger partial charge in [0.2, 0.25) is 0 Å². The quantitative estimate of drug-likeness (QED) is 0.867. The van der Waals surface area contributed by atoms with Crippen molar-refractivity contribution in [3.05, 3.63) is 29.8 Å². The van der Waals surface area contributed by atoms with Crippen LogP contribution in [-0.2, 0) is 5.41 Å². The second-order valence-corrected chi connectivity index (χ2v) is 6.91. The van der Waals surface area contributed by atoms with Crippen molar-refractivity contribution in [3.63, 3.8) is 0 Å². The Kier molecular flexibility index (Phi) is 3.18. The van der Waals surface area contributed by atoms with Crippen LogP contribution in [-0.4, -0.2) is 23.8 Å². The third-order valence-corrected chi connectivity index (χ3v) is 4.10. The first kappa shape index (κ1) is 13.4. The van der Waals surface area contributed by atoms with Crippen LogP contribution < -0.4 is 4.90 Å². The Labute approximate surface area is 111 Å². The van der Waals surface area contributed by atoms with Crippen molar-refractivity contribution in [2.45, 2.75) is 45.6 Å². The lowest BCUT2D eigenvalue weighted by atomic mass is 9.82. The van der Waals surface area contributed by atoms with Crippen LogP contribution in [0.4, 0.5) is 5.69 Å². The van der Waals surface area contributed by atoms with E-state index in [9.17, 15) is 5.11 Å². The third-order valence-electron chi connectivity index (χ3n) is 4.10. The summed E-state index contributed by atoms with van der Waals surface area (Å²) in [6.45, 7) is 12.3. The van der Waals surface area contributed by atoms with Gasteiger partial charge in [-0.15, -0.1) is 0 Å². The lowest BCUT2D eigenvalue weighted by Crippen LogP contribution is -2.64. The molecule has 1 fully saturated rings. The lowest BCUT2D eigenvalue weighted by molar-refractivity contribution is -0.0300. The molecule has 0 aromatic heterocycles. The van der Waals surface area contributed by atoms with E-state index in [1.165, 1.54) is 11.3 Å². The number of aliphatic hydroxyl groups is 1. The van der Waals surface area contributed by atoms with Crippen molar-refractivity contribution in [1.82, 2.24) is 0 Å². The van der Waals surface area contributed by atoms with Crippen molar-refractivity contribution in [2.24, 2.45) is 5.92 Å². The van der Waals surface area contributed by atoms with Gasteiger partial charge in [-0.05, 0) is 29.0 Å². The average Bonchev–Trinajstić information content (AvgIpc) is 2.23. The van der Waals surface area contributed by atoms with E-state index in [-0.39, 0.29) is 5.41 Å². The molecule has 0 aliphatic carbocycles. The Bertz CT molecular complexity index is 408. The zero-order valence-corrected chi connectivity index (χ0v) is 12.2. The molecule has 1 aromatic carbocycles. The molecule has 100 valence electrons. The van der Waals surface area contributed by atoms with E-state index in [0.29, 0.717) is 5.92 Å². The van der Waals surface area contributed by atoms with Crippen LogP contribution >= 0.6 is 0 Å². The fourth-order valence-electron chi connectivity index (χ4n) is 2.33. The van der Waals surface area contributed by atoms with Gasteiger partial charge in [-0.2, -0.15) is 0 Å². The zero-order valence-electron chi connectivity index (χ0n) is 12.2. The van der Waals surface area contributed by atoms with Crippen molar-refractivity contribution < 1.29 is 5.11 Å². The van der Waals surface area contributed by atoms with Crippen LogP contribution in [0.5, 0.6) is 0 Å². The zero-order chi connectivity index (χ0) is 13.6. The molecule has 18 heavy (non-hydrogen) atoms. The second kappa shape index (κ2) is 4.27. The number of β-amino-alcohol motifs (C(OH)–C–C–N with tert-alkyl or cyclic N) is 1. The number of nitrogens with zero attached hydrogens (tertiary/aromatic N) is 1. The molecule has 1 heterocycles. The minimum absolute atomic E-state index is 0.201. The smallest absolute Gasteiger partial charge is 0.102 e. The predicted octanol–water partition coefficient (Wildman–Crippen LogP) is 3.19. The molecule has 0 saturated carbocycles. The fourth-order valence-corrected chi connectivity index (χ4v) is 2.33. The normalized spacial score (nSPS) is 18.9. The first-order valence-corrected chi connectivity index (χ1v) is 6.80. The molecule has 0 unspecified atom stereocenters. The largest absolute Gasteiger partial charge is 0.386 e. The van der Waals surface area contributed by atoms with Gasteiger partial charge in [0.1, 0.15) is 5.60 Å². The summed E-state index contributed by atoms with van der Waals surface area (Å²) in [7, 11) is 0. The summed E-state index contributed by atoms with van der Waals surface area (Å²) < 4.78 is 0. The molecule has 0 amide bonds. The van der Waals surface area contributed by atoms with E-state index < -0.39 is 5.60 Å². The predicted molar refractivity (Wildman–Crippen MR) is 77.1 cm³/mol. The molecule has 2 heteroatoms. The van der Waals surface area contributed by atoms with Crippen LogP contribution in [0.2, 0.25) is 0 Å². The molecule has 1 aliphatic rings. The SMILES string of the molecule is CC(C)C1(O)CN(c2ccc(C(C)(C)C)cc2)C1. The van der Waals surface area contributed by atoms with E-state index in [1.54, 1.807) is 0 Å². The van der Waals surface area contributed by atoms with Gasteiger partial charge in [-0.25, -0.2) is 0 Å². The fraction of sp³-hybridized carbons (Fsp3) is 0.625. The average molecular weight is 247 g/mol. The molecule has 0 bridgehead atoms. The van der Waals surface area contributed by atoms with Gasteiger partial charge >= 0.3 is 0 Å². The van der Waals surface area contributed by atoms with E-state index in [4.69, 9.17) is 0 Å². The molecule has 1 aromatic rings. The van der Waals surface area contributed by atoms with Gasteiger partial charge in [-0.3, -0.25) is 0 Å². The van der Waals surface area contributed by atoms with Crippen LogP contribution in [0.3, 0.4) is 0 Å². The molecule has 1 aliphatic heterocycles. The molecule has 0 radical (unpaired) electrons. The molecule has 0 spiro atoms. The third kappa shape index (κ3) is 2.39. The van der Waals surface area contributed by atoms with Gasteiger partial charge in [0, 0.05) is 18.8 Å². The topological polar surface area (TPSA) is 23.5 Å². The summed E-state index contributed by atoms with van der Waals surface area (Å²) in [5.74, 6) is 0.322. The van der Waals surface area contributed by atoms with Crippen LogP contribution in [0, 0.1) is 5.92 Å². The van der Waals surface area contributed by atoms with E-state index in [2.05, 4.69) is 63.8 Å². The van der Waals surface area contributed by atoms with Crippen molar-refractivity contribution in [1.29, 1.82) is 0 Å². The minimum Gasteiger partial charge on any atom is -0.386 e. The maximum absolute atomic E-state index is 10.3. The highest BCUT2D eigenvalue weighted by Crippen LogP contribution is 2.33. The highest BCUT2D eigenvalue weighted by molar-refractivity contribution is 5.52. The Morgan fingerprint density at radius 1 is 1.11 bits per heavy atom. The van der Waals surface area contributed by atoms with E-state index >= 15 is 0 Å². The summed E-state index contributed by atoms with van der Waals surface area (Å²) in [4.78, 5) is 2.24. The van der Waals surface area contributed by atoms with Crippen molar-refractivity contribution >= 4 is 5.69 Å². The number of hydrogen-bond acceptors (Lipinski definition) is 2. The molecule has 0 atom stereocenters. The van der Waals surface area contributed by atoms with Crippen LogP contribution in [0.1, 0.15) is 40.2 Å². The molecular formula is C16H25NO. The Hall–Kier alpha value is -1.02. The van der Waals surface area contributed by atoms with Gasteiger partial charge in [0.15, 0.2) is 0 Å². The number of anilines is 1. The second-order valence-electron chi connectivity index (χ2n) is 6.91. The summed E-state index contributed by atoms with van der Waals surface area (Å²) in [5.41, 5.74) is 2.27. The van der Waals surface area contributed by atoms with E-state index in [0.717, 1.165) is 13.1 Å². The summed E-state index contributed by atoms with van der Waals surface area (Å²) in [5, 5.41) is 10.3. The maximum atomic E-state index is 10.3. The van der Waals surface area contributed by atoms with Gasteiger partial charge in [0.25, 0.3) is 0 Å².